The average molecular weight is 307 g/mol. The number of thioether (sulfide) groups is 1. The highest BCUT2D eigenvalue weighted by atomic mass is 32.2. The van der Waals surface area contributed by atoms with Gasteiger partial charge in [-0.25, -0.2) is 4.79 Å². The molecular weight excluding hydrogens is 294 g/mol. The number of nitrogens with one attached hydrogen (secondary N) is 1. The summed E-state index contributed by atoms with van der Waals surface area (Å²) in [4.78, 5) is 35.8. The van der Waals surface area contributed by atoms with E-state index in [0.29, 0.717) is 17.7 Å². The molecule has 0 radical (unpaired) electrons. The summed E-state index contributed by atoms with van der Waals surface area (Å²) in [6.45, 7) is 0.134. The van der Waals surface area contributed by atoms with Gasteiger partial charge in [0, 0.05) is 17.9 Å². The van der Waals surface area contributed by atoms with E-state index in [4.69, 9.17) is 0 Å². The highest BCUT2D eigenvalue weighted by Crippen LogP contribution is 2.34. The van der Waals surface area contributed by atoms with Crippen molar-refractivity contribution in [1.82, 2.24) is 10.2 Å². The Morgan fingerprint density at radius 3 is 2.62 bits per heavy atom. The van der Waals surface area contributed by atoms with Gasteiger partial charge in [-0.3, -0.25) is 19.8 Å². The first-order valence-corrected chi connectivity index (χ1v) is 7.62. The second-order valence-corrected chi connectivity index (χ2v) is 6.23. The molecule has 21 heavy (non-hydrogen) atoms. The van der Waals surface area contributed by atoms with Crippen LogP contribution in [-0.2, 0) is 11.3 Å². The summed E-state index contributed by atoms with van der Waals surface area (Å²) in [5.74, 6) is 1.27. The van der Waals surface area contributed by atoms with Gasteiger partial charge in [0.15, 0.2) is 0 Å². The second-order valence-electron chi connectivity index (χ2n) is 5.13. The molecule has 1 aromatic rings. The highest BCUT2D eigenvalue weighted by molar-refractivity contribution is 7.99. The summed E-state index contributed by atoms with van der Waals surface area (Å²) in [6.07, 6.45) is 0.652. The van der Waals surface area contributed by atoms with Crippen LogP contribution < -0.4 is 5.32 Å². The maximum absolute atomic E-state index is 12.4. The van der Waals surface area contributed by atoms with Crippen LogP contribution in [-0.4, -0.2) is 38.8 Å². The van der Waals surface area contributed by atoms with Gasteiger partial charge in [-0.05, 0) is 17.7 Å². The number of urea groups is 1. The number of hydrogen-bond acceptors (Lipinski definition) is 5. The van der Waals surface area contributed by atoms with Crippen LogP contribution in [0.1, 0.15) is 12.0 Å². The minimum absolute atomic E-state index is 0.0142. The van der Waals surface area contributed by atoms with E-state index in [0.717, 1.165) is 5.75 Å². The van der Waals surface area contributed by atoms with Gasteiger partial charge in [0.25, 0.3) is 11.6 Å². The van der Waals surface area contributed by atoms with Crippen LogP contribution in [0.15, 0.2) is 24.3 Å². The summed E-state index contributed by atoms with van der Waals surface area (Å²) >= 11 is 1.65. The number of amides is 3. The number of non-ortho nitro benzene ring substituents is 1. The Labute approximate surface area is 124 Å². The Kier molecular flexibility index (Phi) is 3.32. The molecule has 0 unspecified atom stereocenters. The van der Waals surface area contributed by atoms with Gasteiger partial charge in [-0.2, -0.15) is 11.8 Å². The van der Waals surface area contributed by atoms with E-state index in [-0.39, 0.29) is 24.2 Å². The predicted molar refractivity (Wildman–Crippen MR) is 76.9 cm³/mol. The monoisotopic (exact) mass is 307 g/mol. The Bertz CT molecular complexity index is 610. The van der Waals surface area contributed by atoms with Crippen LogP contribution in [0, 0.1) is 10.1 Å². The summed E-state index contributed by atoms with van der Waals surface area (Å²) in [5, 5.41) is 13.4. The number of benzene rings is 1. The molecule has 8 heteroatoms. The predicted octanol–water partition coefficient (Wildman–Crippen LogP) is 1.52. The first-order chi connectivity index (χ1) is 10.0. The number of imide groups is 1. The molecule has 2 heterocycles. The third-order valence-corrected chi connectivity index (χ3v) is 4.95. The van der Waals surface area contributed by atoms with Crippen molar-refractivity contribution in [3.05, 3.63) is 39.9 Å². The Morgan fingerprint density at radius 2 is 2.05 bits per heavy atom. The van der Waals surface area contributed by atoms with Crippen molar-refractivity contribution in [1.29, 1.82) is 0 Å². The normalized spacial score (nSPS) is 24.7. The fraction of sp³-hybridized carbons (Fsp3) is 0.385. The minimum atomic E-state index is -0.747. The van der Waals surface area contributed by atoms with Crippen molar-refractivity contribution < 1.29 is 14.5 Å². The molecule has 1 atom stereocenters. The first kappa shape index (κ1) is 13.9. The van der Waals surface area contributed by atoms with Crippen molar-refractivity contribution in [2.45, 2.75) is 18.5 Å². The van der Waals surface area contributed by atoms with Gasteiger partial charge >= 0.3 is 6.03 Å². The van der Waals surface area contributed by atoms with E-state index in [1.165, 1.54) is 17.0 Å². The van der Waals surface area contributed by atoms with Gasteiger partial charge in [0.2, 0.25) is 0 Å². The summed E-state index contributed by atoms with van der Waals surface area (Å²) in [7, 11) is 0. The molecule has 0 saturated carbocycles. The van der Waals surface area contributed by atoms with Crippen LogP contribution in [0.5, 0.6) is 0 Å². The summed E-state index contributed by atoms with van der Waals surface area (Å²) < 4.78 is 0. The zero-order valence-electron chi connectivity index (χ0n) is 11.1. The number of nitro benzene ring substituents is 1. The topological polar surface area (TPSA) is 92.6 Å². The van der Waals surface area contributed by atoms with Gasteiger partial charge < -0.3 is 5.32 Å². The number of nitro groups is 1. The van der Waals surface area contributed by atoms with E-state index >= 15 is 0 Å². The van der Waals surface area contributed by atoms with Gasteiger partial charge in [0.1, 0.15) is 5.54 Å². The van der Waals surface area contributed by atoms with Gasteiger partial charge in [-0.15, -0.1) is 0 Å². The average Bonchev–Trinajstić information content (AvgIpc) is 3.01. The fourth-order valence-corrected chi connectivity index (χ4v) is 3.88. The van der Waals surface area contributed by atoms with Crippen LogP contribution in [0.2, 0.25) is 0 Å². The third-order valence-electron chi connectivity index (χ3n) is 3.76. The first-order valence-electron chi connectivity index (χ1n) is 6.47. The molecule has 2 aliphatic heterocycles. The van der Waals surface area contributed by atoms with Gasteiger partial charge in [0.05, 0.1) is 11.5 Å². The van der Waals surface area contributed by atoms with Crippen molar-refractivity contribution in [3.63, 3.8) is 0 Å². The van der Waals surface area contributed by atoms with Crippen molar-refractivity contribution in [2.75, 3.05) is 11.5 Å². The maximum Gasteiger partial charge on any atom is 0.325 e. The van der Waals surface area contributed by atoms with E-state index in [1.807, 2.05) is 0 Å². The lowest BCUT2D eigenvalue weighted by molar-refractivity contribution is -0.384. The molecule has 0 bridgehead atoms. The van der Waals surface area contributed by atoms with Crippen LogP contribution >= 0.6 is 11.8 Å². The molecule has 2 fully saturated rings. The molecule has 3 rings (SSSR count). The lowest BCUT2D eigenvalue weighted by Gasteiger charge is -2.19. The number of hydrogen-bond donors (Lipinski definition) is 1. The molecule has 3 amide bonds. The number of carbonyl (C=O) groups excluding carboxylic acids is 2. The second kappa shape index (κ2) is 5.03. The molecule has 1 N–H and O–H groups in total. The van der Waals surface area contributed by atoms with E-state index < -0.39 is 10.5 Å². The van der Waals surface area contributed by atoms with E-state index in [2.05, 4.69) is 5.32 Å². The quantitative estimate of drug-likeness (QED) is 0.519. The lowest BCUT2D eigenvalue weighted by Crippen LogP contribution is -2.46. The standard InChI is InChI=1S/C13H13N3O4S/c17-11-13(5-6-21-8-13)14-12(18)15(11)7-9-1-3-10(4-2-9)16(19)20/h1-4H,5-8H2,(H,14,18)/t13-/m0/s1. The largest absolute Gasteiger partial charge is 0.325 e. The molecule has 2 saturated heterocycles. The fourth-order valence-electron chi connectivity index (χ4n) is 2.56. The molecule has 110 valence electrons. The zero-order valence-corrected chi connectivity index (χ0v) is 11.9. The SMILES string of the molecule is O=C1N[C@]2(CCSC2)C(=O)N1Cc1ccc([N+](=O)[O-])cc1. The van der Waals surface area contributed by atoms with E-state index in [1.54, 1.807) is 23.9 Å². The Morgan fingerprint density at radius 1 is 1.33 bits per heavy atom. The van der Waals surface area contributed by atoms with E-state index in [9.17, 15) is 19.7 Å². The molecule has 2 aliphatic rings. The Balaban J connectivity index is 1.77. The van der Waals surface area contributed by atoms with Gasteiger partial charge in [-0.1, -0.05) is 12.1 Å². The summed E-state index contributed by atoms with van der Waals surface area (Å²) in [5.41, 5.74) is -0.0749. The number of rotatable bonds is 3. The number of nitrogens with zero attached hydrogens (tertiary/aromatic N) is 2. The third kappa shape index (κ3) is 2.35. The van der Waals surface area contributed by atoms with Crippen LogP contribution in [0.3, 0.4) is 0 Å². The summed E-state index contributed by atoms with van der Waals surface area (Å²) in [6, 6.07) is 5.48. The molecule has 0 aliphatic carbocycles. The lowest BCUT2D eigenvalue weighted by atomic mass is 9.99. The molecule has 0 aromatic heterocycles. The molecular formula is C13H13N3O4S. The van der Waals surface area contributed by atoms with Crippen molar-refractivity contribution >= 4 is 29.4 Å². The molecule has 1 spiro atoms. The number of carbonyl (C=O) groups is 2. The van der Waals surface area contributed by atoms with Crippen LogP contribution in [0.4, 0.5) is 10.5 Å². The van der Waals surface area contributed by atoms with Crippen molar-refractivity contribution in [2.24, 2.45) is 0 Å². The van der Waals surface area contributed by atoms with Crippen molar-refractivity contribution in [3.8, 4) is 0 Å². The highest BCUT2D eigenvalue weighted by Gasteiger charge is 2.52. The Hall–Kier alpha value is -2.09. The smallest absolute Gasteiger partial charge is 0.322 e. The van der Waals surface area contributed by atoms with Crippen LogP contribution in [0.25, 0.3) is 0 Å². The maximum atomic E-state index is 12.4. The zero-order chi connectivity index (χ0) is 15.0. The minimum Gasteiger partial charge on any atom is -0.322 e. The molecule has 7 nitrogen and oxygen atoms in total. The molecule has 1 aromatic carbocycles.